The van der Waals surface area contributed by atoms with Crippen LogP contribution in [0.3, 0.4) is 0 Å². The van der Waals surface area contributed by atoms with Crippen LogP contribution in [0, 0.1) is 5.92 Å². The van der Waals surface area contributed by atoms with E-state index < -0.39 is 0 Å². The van der Waals surface area contributed by atoms with E-state index in [1.165, 1.54) is 12.2 Å². The van der Waals surface area contributed by atoms with Crippen molar-refractivity contribution in [1.82, 2.24) is 0 Å². The van der Waals surface area contributed by atoms with E-state index in [-0.39, 0.29) is 0 Å². The molecule has 88 valence electrons. The van der Waals surface area contributed by atoms with Gasteiger partial charge in [0.1, 0.15) is 5.75 Å². The molecule has 3 heteroatoms. The van der Waals surface area contributed by atoms with Gasteiger partial charge in [-0.05, 0) is 36.6 Å². The molecule has 0 spiro atoms. The predicted octanol–water partition coefficient (Wildman–Crippen LogP) is 3.82. The van der Waals surface area contributed by atoms with Crippen molar-refractivity contribution in [3.8, 4) is 5.75 Å². The lowest BCUT2D eigenvalue weighted by Gasteiger charge is -2.12. The molecule has 1 heterocycles. The highest BCUT2D eigenvalue weighted by Gasteiger charge is 2.24. The van der Waals surface area contributed by atoms with E-state index in [0.29, 0.717) is 11.3 Å². The smallest absolute Gasteiger partial charge is 0.119 e. The predicted molar refractivity (Wildman–Crippen MR) is 71.6 cm³/mol. The standard InChI is InChI=1S/C13H17ClOS/c14-13-10-16-9-11(13)5-4-8-15-12-6-2-1-3-7-12/h1-3,6-7,11,13H,4-5,8-10H2. The average Bonchev–Trinajstić information content (AvgIpc) is 2.72. The van der Waals surface area contributed by atoms with E-state index in [0.717, 1.165) is 24.5 Å². The summed E-state index contributed by atoms with van der Waals surface area (Å²) < 4.78 is 5.65. The first kappa shape index (κ1) is 12.1. The van der Waals surface area contributed by atoms with E-state index >= 15 is 0 Å². The number of halogens is 1. The number of rotatable bonds is 5. The molecule has 0 radical (unpaired) electrons. The van der Waals surface area contributed by atoms with Gasteiger partial charge in [0.25, 0.3) is 0 Å². The molecule has 1 aliphatic rings. The molecule has 0 amide bonds. The Hall–Kier alpha value is -0.340. The first-order chi connectivity index (χ1) is 7.86. The van der Waals surface area contributed by atoms with E-state index in [4.69, 9.17) is 16.3 Å². The molecule has 1 aromatic carbocycles. The minimum absolute atomic E-state index is 0.377. The summed E-state index contributed by atoms with van der Waals surface area (Å²) in [5.74, 6) is 3.99. The summed E-state index contributed by atoms with van der Waals surface area (Å²) in [6.07, 6.45) is 2.29. The third-order valence-electron chi connectivity index (χ3n) is 2.85. The van der Waals surface area contributed by atoms with Crippen LogP contribution >= 0.6 is 23.4 Å². The highest BCUT2D eigenvalue weighted by atomic mass is 35.5. The molecule has 0 bridgehead atoms. The minimum Gasteiger partial charge on any atom is -0.494 e. The van der Waals surface area contributed by atoms with E-state index in [2.05, 4.69) is 0 Å². The van der Waals surface area contributed by atoms with Crippen LogP contribution < -0.4 is 4.74 Å². The molecule has 1 aliphatic heterocycles. The summed E-state index contributed by atoms with van der Waals surface area (Å²) in [6, 6.07) is 9.99. The maximum atomic E-state index is 6.21. The maximum absolute atomic E-state index is 6.21. The Morgan fingerprint density at radius 1 is 1.25 bits per heavy atom. The molecule has 1 aromatic rings. The van der Waals surface area contributed by atoms with E-state index in [1.54, 1.807) is 0 Å². The van der Waals surface area contributed by atoms with E-state index in [9.17, 15) is 0 Å². The van der Waals surface area contributed by atoms with Gasteiger partial charge < -0.3 is 4.74 Å². The first-order valence-electron chi connectivity index (χ1n) is 5.76. The lowest BCUT2D eigenvalue weighted by Crippen LogP contribution is -2.13. The lowest BCUT2D eigenvalue weighted by atomic mass is 10.0. The molecule has 1 nitrogen and oxygen atoms in total. The third kappa shape index (κ3) is 3.60. The zero-order valence-corrected chi connectivity index (χ0v) is 10.8. The molecular weight excluding hydrogens is 240 g/mol. The zero-order chi connectivity index (χ0) is 11.2. The van der Waals surface area contributed by atoms with Crippen LogP contribution in [0.4, 0.5) is 0 Å². The summed E-state index contributed by atoms with van der Waals surface area (Å²) in [4.78, 5) is 0. The second kappa shape index (κ2) is 6.41. The van der Waals surface area contributed by atoms with Gasteiger partial charge in [-0.2, -0.15) is 11.8 Å². The number of para-hydroxylation sites is 1. The molecule has 0 aliphatic carbocycles. The Kier molecular flexibility index (Phi) is 4.86. The molecule has 0 saturated carbocycles. The average molecular weight is 257 g/mol. The van der Waals surface area contributed by atoms with Gasteiger partial charge in [-0.1, -0.05) is 18.2 Å². The third-order valence-corrected chi connectivity index (χ3v) is 4.80. The van der Waals surface area contributed by atoms with Gasteiger partial charge in [0.15, 0.2) is 0 Å². The monoisotopic (exact) mass is 256 g/mol. The number of ether oxygens (including phenoxy) is 1. The quantitative estimate of drug-likeness (QED) is 0.585. The van der Waals surface area contributed by atoms with Crippen molar-refractivity contribution < 1.29 is 4.74 Å². The van der Waals surface area contributed by atoms with Crippen LogP contribution in [0.25, 0.3) is 0 Å². The summed E-state index contributed by atoms with van der Waals surface area (Å²) in [7, 11) is 0. The van der Waals surface area contributed by atoms with E-state index in [1.807, 2.05) is 42.1 Å². The van der Waals surface area contributed by atoms with Crippen molar-refractivity contribution >= 4 is 23.4 Å². The second-order valence-electron chi connectivity index (χ2n) is 4.12. The second-order valence-corrected chi connectivity index (χ2v) is 5.75. The fourth-order valence-corrected chi connectivity index (χ4v) is 3.81. The van der Waals surface area contributed by atoms with Gasteiger partial charge in [0.2, 0.25) is 0 Å². The molecular formula is C13H17ClOS. The van der Waals surface area contributed by atoms with Gasteiger partial charge in [0, 0.05) is 11.1 Å². The van der Waals surface area contributed by atoms with Crippen LogP contribution in [0.5, 0.6) is 5.75 Å². The SMILES string of the molecule is ClC1CSCC1CCCOc1ccccc1. The largest absolute Gasteiger partial charge is 0.494 e. The number of thioether (sulfide) groups is 1. The molecule has 0 N–H and O–H groups in total. The van der Waals surface area contributed by atoms with Crippen molar-refractivity contribution in [1.29, 1.82) is 0 Å². The van der Waals surface area contributed by atoms with Gasteiger partial charge >= 0.3 is 0 Å². The van der Waals surface area contributed by atoms with Crippen LogP contribution in [0.1, 0.15) is 12.8 Å². The Morgan fingerprint density at radius 2 is 2.06 bits per heavy atom. The number of hydrogen-bond donors (Lipinski definition) is 0. The fourth-order valence-electron chi connectivity index (χ4n) is 1.89. The Labute approximate surface area is 107 Å². The minimum atomic E-state index is 0.377. The summed E-state index contributed by atoms with van der Waals surface area (Å²) in [5.41, 5.74) is 0. The van der Waals surface area contributed by atoms with Crippen LogP contribution in [0.2, 0.25) is 0 Å². The molecule has 0 aromatic heterocycles. The van der Waals surface area contributed by atoms with Gasteiger partial charge in [-0.3, -0.25) is 0 Å². The highest BCUT2D eigenvalue weighted by molar-refractivity contribution is 7.99. The molecule has 2 atom stereocenters. The Morgan fingerprint density at radius 3 is 2.75 bits per heavy atom. The van der Waals surface area contributed by atoms with Crippen molar-refractivity contribution in [2.24, 2.45) is 5.92 Å². The van der Waals surface area contributed by atoms with Gasteiger partial charge in [-0.25, -0.2) is 0 Å². The summed E-state index contributed by atoms with van der Waals surface area (Å²) >= 11 is 8.18. The number of hydrogen-bond acceptors (Lipinski definition) is 2. The van der Waals surface area contributed by atoms with Gasteiger partial charge in [0.05, 0.1) is 6.61 Å². The number of alkyl halides is 1. The molecule has 1 fully saturated rings. The van der Waals surface area contributed by atoms with Crippen molar-refractivity contribution in [2.75, 3.05) is 18.1 Å². The zero-order valence-electron chi connectivity index (χ0n) is 9.27. The van der Waals surface area contributed by atoms with Gasteiger partial charge in [-0.15, -0.1) is 11.6 Å². The Balaban J connectivity index is 1.62. The van der Waals surface area contributed by atoms with Crippen molar-refractivity contribution in [2.45, 2.75) is 18.2 Å². The molecule has 2 unspecified atom stereocenters. The summed E-state index contributed by atoms with van der Waals surface area (Å²) in [6.45, 7) is 0.800. The van der Waals surface area contributed by atoms with Crippen LogP contribution in [-0.2, 0) is 0 Å². The fraction of sp³-hybridized carbons (Fsp3) is 0.538. The molecule has 1 saturated heterocycles. The summed E-state index contributed by atoms with van der Waals surface area (Å²) in [5, 5.41) is 0.377. The Bertz CT molecular complexity index is 304. The maximum Gasteiger partial charge on any atom is 0.119 e. The van der Waals surface area contributed by atoms with Crippen LogP contribution in [-0.4, -0.2) is 23.5 Å². The lowest BCUT2D eigenvalue weighted by molar-refractivity contribution is 0.296. The molecule has 16 heavy (non-hydrogen) atoms. The van der Waals surface area contributed by atoms with Crippen molar-refractivity contribution in [3.05, 3.63) is 30.3 Å². The highest BCUT2D eigenvalue weighted by Crippen LogP contribution is 2.31. The van der Waals surface area contributed by atoms with Crippen LogP contribution in [0.15, 0.2) is 30.3 Å². The van der Waals surface area contributed by atoms with Crippen molar-refractivity contribution in [3.63, 3.8) is 0 Å². The molecule has 2 rings (SSSR count). The number of benzene rings is 1. The normalized spacial score (nSPS) is 24.6. The topological polar surface area (TPSA) is 9.23 Å². The first-order valence-corrected chi connectivity index (χ1v) is 7.35.